The van der Waals surface area contributed by atoms with E-state index in [1.165, 1.54) is 16.9 Å². The molecule has 2 aliphatic rings. The summed E-state index contributed by atoms with van der Waals surface area (Å²) in [5.74, 6) is 2.01. The Bertz CT molecular complexity index is 2110. The lowest BCUT2D eigenvalue weighted by molar-refractivity contribution is 0.269. The van der Waals surface area contributed by atoms with Gasteiger partial charge in [0.05, 0.1) is 30.0 Å². The smallest absolute Gasteiger partial charge is 0.271 e. The summed E-state index contributed by atoms with van der Waals surface area (Å²) in [6, 6.07) is 29.5. The molecule has 2 heterocycles. The predicted molar refractivity (Wildman–Crippen MR) is 179 cm³/mol. The molecule has 5 aromatic rings. The first kappa shape index (κ1) is 29.1. The van der Waals surface area contributed by atoms with Crippen molar-refractivity contribution < 1.29 is 14.2 Å². The van der Waals surface area contributed by atoms with Gasteiger partial charge in [-0.1, -0.05) is 77.5 Å². The van der Waals surface area contributed by atoms with Crippen LogP contribution >= 0.6 is 22.9 Å². The summed E-state index contributed by atoms with van der Waals surface area (Å²) >= 11 is 7.43. The van der Waals surface area contributed by atoms with Gasteiger partial charge in [-0.2, -0.15) is 0 Å². The standard InChI is InChI=1S/C37H31ClN2O4S/c1-3-43-32-19-24(13-18-31(32)44-22-23-11-15-27(38)16-12-23)20-33-36(41)40-35(26-8-6-9-28(21-26)42-2)30-17-14-25-7-4-5-10-29(25)34(30)39-37(40)45-33/h4-13,15-16,18-21,35H,3,14,17,22H2,1-2H3/b33-20+/t35-/m0/s1. The maximum Gasteiger partial charge on any atom is 0.271 e. The van der Waals surface area contributed by atoms with Gasteiger partial charge in [-0.15, -0.1) is 0 Å². The molecular formula is C37H31ClN2O4S. The summed E-state index contributed by atoms with van der Waals surface area (Å²) in [5, 5.41) is 0.684. The number of rotatable bonds is 8. The molecule has 45 heavy (non-hydrogen) atoms. The molecule has 0 saturated heterocycles. The van der Waals surface area contributed by atoms with Gasteiger partial charge in [-0.3, -0.25) is 9.36 Å². The first-order chi connectivity index (χ1) is 22.0. The van der Waals surface area contributed by atoms with E-state index < -0.39 is 0 Å². The van der Waals surface area contributed by atoms with Gasteiger partial charge in [-0.25, -0.2) is 4.99 Å². The van der Waals surface area contributed by atoms with Crippen molar-refractivity contribution in [2.45, 2.75) is 32.4 Å². The van der Waals surface area contributed by atoms with Crippen LogP contribution in [0.3, 0.4) is 0 Å². The van der Waals surface area contributed by atoms with Gasteiger partial charge in [0.25, 0.3) is 5.56 Å². The van der Waals surface area contributed by atoms with Crippen molar-refractivity contribution in [1.82, 2.24) is 4.57 Å². The third-order valence-corrected chi connectivity index (χ3v) is 9.39. The normalized spacial score (nSPS) is 15.5. The van der Waals surface area contributed by atoms with Crippen molar-refractivity contribution in [3.8, 4) is 17.2 Å². The molecule has 1 atom stereocenters. The van der Waals surface area contributed by atoms with E-state index >= 15 is 0 Å². The molecule has 0 unspecified atom stereocenters. The van der Waals surface area contributed by atoms with Crippen LogP contribution in [0.5, 0.6) is 17.2 Å². The number of aryl methyl sites for hydroxylation is 1. The summed E-state index contributed by atoms with van der Waals surface area (Å²) in [6.07, 6.45) is 3.65. The van der Waals surface area contributed by atoms with E-state index in [0.717, 1.165) is 52.1 Å². The number of nitrogens with zero attached hydrogens (tertiary/aromatic N) is 2. The zero-order chi connectivity index (χ0) is 30.9. The van der Waals surface area contributed by atoms with Crippen molar-refractivity contribution in [1.29, 1.82) is 0 Å². The number of fused-ring (bicyclic) bond motifs is 3. The Balaban J connectivity index is 1.31. The Morgan fingerprint density at radius 1 is 0.956 bits per heavy atom. The average Bonchev–Trinajstić information content (AvgIpc) is 3.38. The zero-order valence-corrected chi connectivity index (χ0v) is 26.5. The van der Waals surface area contributed by atoms with Gasteiger partial charge in [-0.05, 0) is 90.1 Å². The van der Waals surface area contributed by atoms with Crippen molar-refractivity contribution >= 4 is 34.7 Å². The maximum atomic E-state index is 14.2. The van der Waals surface area contributed by atoms with E-state index in [9.17, 15) is 4.79 Å². The first-order valence-electron chi connectivity index (χ1n) is 14.9. The molecule has 1 aliphatic heterocycles. The quantitative estimate of drug-likeness (QED) is 0.185. The SMILES string of the molecule is CCOc1cc(/C=c2/sc3n(c2=O)[C@@H](c2cccc(OC)c2)C2=C(N=3)c3ccccc3CC2)ccc1OCc1ccc(Cl)cc1. The second-order valence-electron chi connectivity index (χ2n) is 10.9. The molecule has 226 valence electrons. The van der Waals surface area contributed by atoms with Crippen LogP contribution in [0.25, 0.3) is 11.8 Å². The second-order valence-corrected chi connectivity index (χ2v) is 12.4. The molecule has 0 amide bonds. The lowest BCUT2D eigenvalue weighted by Gasteiger charge is -2.31. The first-order valence-corrected chi connectivity index (χ1v) is 16.1. The van der Waals surface area contributed by atoms with E-state index in [1.54, 1.807) is 7.11 Å². The van der Waals surface area contributed by atoms with Crippen LogP contribution in [0.1, 0.15) is 47.2 Å². The number of hydrogen-bond donors (Lipinski definition) is 0. The van der Waals surface area contributed by atoms with Gasteiger partial charge in [0.15, 0.2) is 16.3 Å². The van der Waals surface area contributed by atoms with Crippen LogP contribution in [0.15, 0.2) is 106 Å². The summed E-state index contributed by atoms with van der Waals surface area (Å²) in [4.78, 5) is 20.0. The Hall–Kier alpha value is -4.59. The highest BCUT2D eigenvalue weighted by atomic mass is 35.5. The number of thiazole rings is 1. The number of halogens is 1. The van der Waals surface area contributed by atoms with Crippen molar-refractivity contribution in [2.24, 2.45) is 4.99 Å². The fraction of sp³-hybridized carbons (Fsp3) is 0.189. The van der Waals surface area contributed by atoms with Crippen LogP contribution in [-0.2, 0) is 13.0 Å². The molecule has 0 N–H and O–H groups in total. The lowest BCUT2D eigenvalue weighted by atomic mass is 9.83. The van der Waals surface area contributed by atoms with Crippen molar-refractivity contribution in [3.05, 3.63) is 149 Å². The molecule has 0 spiro atoms. The number of methoxy groups -OCH3 is 1. The number of ether oxygens (including phenoxy) is 3. The lowest BCUT2D eigenvalue weighted by Crippen LogP contribution is -2.38. The molecule has 0 fully saturated rings. The molecule has 6 nitrogen and oxygen atoms in total. The molecule has 1 aliphatic carbocycles. The van der Waals surface area contributed by atoms with Gasteiger partial charge in [0, 0.05) is 10.6 Å². The zero-order valence-electron chi connectivity index (χ0n) is 25.0. The van der Waals surface area contributed by atoms with Gasteiger partial charge >= 0.3 is 0 Å². The number of benzene rings is 4. The number of allylic oxidation sites excluding steroid dienone is 1. The molecule has 0 saturated carbocycles. The summed E-state index contributed by atoms with van der Waals surface area (Å²) < 4.78 is 20.1. The topological polar surface area (TPSA) is 62.0 Å². The largest absolute Gasteiger partial charge is 0.497 e. The Morgan fingerprint density at radius 2 is 1.80 bits per heavy atom. The van der Waals surface area contributed by atoms with E-state index in [0.29, 0.717) is 39.1 Å². The minimum absolute atomic E-state index is 0.0713. The van der Waals surface area contributed by atoms with E-state index in [1.807, 2.05) is 78.2 Å². The Morgan fingerprint density at radius 3 is 2.62 bits per heavy atom. The highest BCUT2D eigenvalue weighted by Crippen LogP contribution is 2.41. The van der Waals surface area contributed by atoms with Crippen LogP contribution in [0.2, 0.25) is 5.02 Å². The van der Waals surface area contributed by atoms with Crippen molar-refractivity contribution in [3.63, 3.8) is 0 Å². The van der Waals surface area contributed by atoms with Crippen LogP contribution in [0, 0.1) is 0 Å². The summed E-state index contributed by atoms with van der Waals surface area (Å²) in [6.45, 7) is 2.80. The van der Waals surface area contributed by atoms with Gasteiger partial charge < -0.3 is 14.2 Å². The molecule has 4 aromatic carbocycles. The number of hydrogen-bond acceptors (Lipinski definition) is 6. The van der Waals surface area contributed by atoms with Crippen LogP contribution in [0.4, 0.5) is 0 Å². The van der Waals surface area contributed by atoms with E-state index in [-0.39, 0.29) is 11.6 Å². The van der Waals surface area contributed by atoms with Gasteiger partial charge in [0.1, 0.15) is 12.4 Å². The fourth-order valence-corrected chi connectivity index (χ4v) is 7.16. The Kier molecular flexibility index (Phi) is 8.04. The average molecular weight is 635 g/mol. The highest BCUT2D eigenvalue weighted by molar-refractivity contribution is 7.07. The number of aromatic nitrogens is 1. The molecule has 0 radical (unpaired) electrons. The summed E-state index contributed by atoms with van der Waals surface area (Å²) in [7, 11) is 1.66. The minimum atomic E-state index is -0.274. The molecule has 8 heteroatoms. The van der Waals surface area contributed by atoms with E-state index in [4.69, 9.17) is 30.8 Å². The van der Waals surface area contributed by atoms with Crippen LogP contribution in [-0.4, -0.2) is 18.3 Å². The third kappa shape index (κ3) is 5.70. The predicted octanol–water partition coefficient (Wildman–Crippen LogP) is 6.96. The second kappa shape index (κ2) is 12.4. The highest BCUT2D eigenvalue weighted by Gasteiger charge is 2.32. The fourth-order valence-electron chi connectivity index (χ4n) is 6.03. The molecule has 1 aromatic heterocycles. The summed E-state index contributed by atoms with van der Waals surface area (Å²) in [5.41, 5.74) is 7.32. The molecular weight excluding hydrogens is 604 g/mol. The van der Waals surface area contributed by atoms with Crippen LogP contribution < -0.4 is 29.1 Å². The molecule has 0 bridgehead atoms. The van der Waals surface area contributed by atoms with Gasteiger partial charge in [0.2, 0.25) is 0 Å². The minimum Gasteiger partial charge on any atom is -0.497 e. The van der Waals surface area contributed by atoms with Crippen molar-refractivity contribution in [2.75, 3.05) is 13.7 Å². The third-order valence-electron chi connectivity index (χ3n) is 8.16. The maximum absolute atomic E-state index is 14.2. The molecule has 7 rings (SSSR count). The Labute approximate surface area is 270 Å². The van der Waals surface area contributed by atoms with E-state index in [2.05, 4.69) is 30.3 Å². The monoisotopic (exact) mass is 634 g/mol.